The van der Waals surface area contributed by atoms with Crippen molar-refractivity contribution in [1.29, 1.82) is 0 Å². The number of allylic oxidation sites excluding steroid dienone is 2. The number of quaternary nitrogens is 1. The molecule has 7 nitrogen and oxygen atoms in total. The number of carboxylic acid groups (broad SMARTS) is 3. The third kappa shape index (κ3) is 16.7. The second-order valence-electron chi connectivity index (χ2n) is 10.9. The first kappa shape index (κ1) is 34.1. The minimum absolute atomic E-state index is 0.225. The largest absolute Gasteiger partial charge is 0.481 e. The summed E-state index contributed by atoms with van der Waals surface area (Å²) in [6.07, 6.45) is 20.0. The molecule has 0 rings (SSSR count). The molecule has 0 bridgehead atoms. The van der Waals surface area contributed by atoms with E-state index in [1.54, 1.807) is 20.8 Å². The molecule has 0 radical (unpaired) electrons. The Kier molecular flexibility index (Phi) is 19.1. The molecule has 3 N–H and O–H groups in total. The molecular formula is C29H54NO6+. The van der Waals surface area contributed by atoms with Crippen molar-refractivity contribution in [3.63, 3.8) is 0 Å². The summed E-state index contributed by atoms with van der Waals surface area (Å²) in [7, 11) is 0. The van der Waals surface area contributed by atoms with Crippen LogP contribution in [0.5, 0.6) is 0 Å². The number of hydrogen-bond acceptors (Lipinski definition) is 3. The number of carbonyl (C=O) groups is 3. The molecule has 0 aliphatic rings. The molecule has 0 amide bonds. The van der Waals surface area contributed by atoms with Gasteiger partial charge in [-0.2, -0.15) is 0 Å². The second kappa shape index (κ2) is 20.2. The Hall–Kier alpha value is -1.89. The highest BCUT2D eigenvalue weighted by molar-refractivity contribution is 5.70. The first-order chi connectivity index (χ1) is 17.0. The van der Waals surface area contributed by atoms with E-state index in [4.69, 9.17) is 0 Å². The summed E-state index contributed by atoms with van der Waals surface area (Å²) in [5, 5.41) is 28.5. The molecule has 0 aromatic heterocycles. The molecule has 0 spiro atoms. The van der Waals surface area contributed by atoms with Gasteiger partial charge in [0.05, 0.1) is 26.2 Å². The fourth-order valence-electron chi connectivity index (χ4n) is 5.06. The van der Waals surface area contributed by atoms with Gasteiger partial charge in [-0.05, 0) is 52.9 Å². The van der Waals surface area contributed by atoms with Gasteiger partial charge in [-0.25, -0.2) is 0 Å². The van der Waals surface area contributed by atoms with Gasteiger partial charge in [-0.3, -0.25) is 14.4 Å². The maximum absolute atomic E-state index is 11.6. The highest BCUT2D eigenvalue weighted by atomic mass is 16.4. The number of nitrogens with zero attached hydrogens (tertiary/aromatic N) is 1. The van der Waals surface area contributed by atoms with Crippen LogP contribution in [0.2, 0.25) is 0 Å². The first-order valence-electron chi connectivity index (χ1n) is 14.2. The average molecular weight is 513 g/mol. The maximum atomic E-state index is 11.6. The van der Waals surface area contributed by atoms with Crippen molar-refractivity contribution in [2.75, 3.05) is 26.2 Å². The van der Waals surface area contributed by atoms with Crippen LogP contribution in [0.1, 0.15) is 111 Å². The van der Waals surface area contributed by atoms with Gasteiger partial charge in [0.1, 0.15) is 17.8 Å². The summed E-state index contributed by atoms with van der Waals surface area (Å²) in [5.74, 6) is -4.80. The van der Waals surface area contributed by atoms with E-state index in [0.717, 1.165) is 25.7 Å². The standard InChI is InChI=1S/C29H53NO6/c1-5-6-7-8-9-10-11-12-13-14-15-16-17-18-19-20-30(21-24(2)27(31)32,22-25(3)28(33)34)23-26(4)29(35)36/h6-7,24-26H,5,8-23H2,1-4H3,(H2-,31,32,33,34,35,36)/p+1/b7-6+. The number of unbranched alkanes of at least 4 members (excludes halogenated alkanes) is 11. The van der Waals surface area contributed by atoms with Crippen LogP contribution in [-0.4, -0.2) is 63.9 Å². The molecule has 0 aliphatic heterocycles. The molecule has 3 unspecified atom stereocenters. The zero-order chi connectivity index (χ0) is 27.4. The summed E-state index contributed by atoms with van der Waals surface area (Å²) < 4.78 is 0.225. The van der Waals surface area contributed by atoms with Gasteiger partial charge < -0.3 is 19.8 Å². The normalized spacial score (nSPS) is 15.9. The van der Waals surface area contributed by atoms with Crippen LogP contribution >= 0.6 is 0 Å². The molecule has 0 saturated heterocycles. The van der Waals surface area contributed by atoms with Crippen molar-refractivity contribution in [2.24, 2.45) is 17.8 Å². The van der Waals surface area contributed by atoms with Crippen molar-refractivity contribution in [3.8, 4) is 0 Å². The van der Waals surface area contributed by atoms with E-state index in [9.17, 15) is 29.7 Å². The Morgan fingerprint density at radius 2 is 0.917 bits per heavy atom. The van der Waals surface area contributed by atoms with E-state index < -0.39 is 35.7 Å². The Balaban J connectivity index is 4.56. The Morgan fingerprint density at radius 1 is 0.583 bits per heavy atom. The van der Waals surface area contributed by atoms with Crippen LogP contribution in [0.25, 0.3) is 0 Å². The van der Waals surface area contributed by atoms with Gasteiger partial charge in [0.15, 0.2) is 0 Å². The minimum Gasteiger partial charge on any atom is -0.481 e. The van der Waals surface area contributed by atoms with Crippen molar-refractivity contribution in [3.05, 3.63) is 12.2 Å². The van der Waals surface area contributed by atoms with E-state index in [1.807, 2.05) is 0 Å². The Bertz CT molecular complexity index is 593. The van der Waals surface area contributed by atoms with Crippen LogP contribution in [0.15, 0.2) is 12.2 Å². The van der Waals surface area contributed by atoms with E-state index in [2.05, 4.69) is 19.1 Å². The average Bonchev–Trinajstić information content (AvgIpc) is 2.81. The first-order valence-corrected chi connectivity index (χ1v) is 14.2. The number of aliphatic carboxylic acids is 3. The summed E-state index contributed by atoms with van der Waals surface area (Å²) in [4.78, 5) is 34.8. The predicted octanol–water partition coefficient (Wildman–Crippen LogP) is 6.61. The summed E-state index contributed by atoms with van der Waals surface area (Å²) >= 11 is 0. The number of carboxylic acids is 3. The monoisotopic (exact) mass is 512 g/mol. The van der Waals surface area contributed by atoms with E-state index in [1.165, 1.54) is 57.8 Å². The molecule has 7 heteroatoms. The fourth-order valence-corrected chi connectivity index (χ4v) is 5.06. The molecule has 0 saturated carbocycles. The molecule has 0 aromatic rings. The fraction of sp³-hybridized carbons (Fsp3) is 0.828. The van der Waals surface area contributed by atoms with Gasteiger partial charge >= 0.3 is 17.9 Å². The van der Waals surface area contributed by atoms with Gasteiger partial charge in [0.2, 0.25) is 0 Å². The molecule has 0 heterocycles. The molecule has 0 aliphatic carbocycles. The highest BCUT2D eigenvalue weighted by Crippen LogP contribution is 2.22. The molecular weight excluding hydrogens is 458 g/mol. The third-order valence-electron chi connectivity index (χ3n) is 7.15. The highest BCUT2D eigenvalue weighted by Gasteiger charge is 2.38. The summed E-state index contributed by atoms with van der Waals surface area (Å²) in [6, 6.07) is 0. The zero-order valence-electron chi connectivity index (χ0n) is 23.4. The number of rotatable bonds is 24. The van der Waals surface area contributed by atoms with E-state index in [-0.39, 0.29) is 24.1 Å². The quantitative estimate of drug-likeness (QED) is 0.0762. The lowest BCUT2D eigenvalue weighted by Crippen LogP contribution is -2.57. The topological polar surface area (TPSA) is 112 Å². The van der Waals surface area contributed by atoms with Crippen LogP contribution in [0.3, 0.4) is 0 Å². The lowest BCUT2D eigenvalue weighted by molar-refractivity contribution is -0.934. The van der Waals surface area contributed by atoms with Gasteiger partial charge in [0.25, 0.3) is 0 Å². The lowest BCUT2D eigenvalue weighted by atomic mass is 10.00. The van der Waals surface area contributed by atoms with Gasteiger partial charge in [-0.1, -0.05) is 70.4 Å². The molecule has 210 valence electrons. The van der Waals surface area contributed by atoms with E-state index >= 15 is 0 Å². The molecule has 0 aromatic carbocycles. The maximum Gasteiger partial charge on any atom is 0.311 e. The van der Waals surface area contributed by atoms with Crippen LogP contribution in [-0.2, 0) is 14.4 Å². The minimum atomic E-state index is -0.934. The summed E-state index contributed by atoms with van der Waals surface area (Å²) in [6.45, 7) is 8.39. The lowest BCUT2D eigenvalue weighted by Gasteiger charge is -2.42. The van der Waals surface area contributed by atoms with Crippen molar-refractivity contribution in [2.45, 2.75) is 111 Å². The molecule has 36 heavy (non-hydrogen) atoms. The SMILES string of the molecule is CC/C=C/CCCCCCCCCCCCC[N+](CC(C)C(=O)O)(CC(C)C(=O)O)CC(C)C(=O)O. The number of hydrogen-bond donors (Lipinski definition) is 3. The Labute approximate surface area is 219 Å². The molecule has 3 atom stereocenters. The smallest absolute Gasteiger partial charge is 0.311 e. The van der Waals surface area contributed by atoms with Crippen LogP contribution < -0.4 is 0 Å². The van der Waals surface area contributed by atoms with Crippen molar-refractivity contribution in [1.82, 2.24) is 0 Å². The summed E-state index contributed by atoms with van der Waals surface area (Å²) in [5.41, 5.74) is 0. The van der Waals surface area contributed by atoms with E-state index in [0.29, 0.717) is 6.54 Å². The van der Waals surface area contributed by atoms with Crippen molar-refractivity contribution >= 4 is 17.9 Å². The Morgan fingerprint density at radius 3 is 1.25 bits per heavy atom. The van der Waals surface area contributed by atoms with Crippen molar-refractivity contribution < 1.29 is 34.2 Å². The third-order valence-corrected chi connectivity index (χ3v) is 7.15. The van der Waals surface area contributed by atoms with Crippen LogP contribution in [0.4, 0.5) is 0 Å². The molecule has 0 fully saturated rings. The second-order valence-corrected chi connectivity index (χ2v) is 10.9. The van der Waals surface area contributed by atoms with Gasteiger partial charge in [-0.15, -0.1) is 0 Å². The predicted molar refractivity (Wildman–Crippen MR) is 145 cm³/mol. The van der Waals surface area contributed by atoms with Gasteiger partial charge in [0, 0.05) is 0 Å². The zero-order valence-corrected chi connectivity index (χ0v) is 23.4. The van der Waals surface area contributed by atoms with Crippen LogP contribution in [0, 0.1) is 17.8 Å².